The van der Waals surface area contributed by atoms with Crippen LogP contribution < -0.4 is 5.63 Å². The number of benzene rings is 2. The van der Waals surface area contributed by atoms with Crippen molar-refractivity contribution in [1.29, 1.82) is 0 Å². The molecule has 110 valence electrons. The molecule has 1 aromatic heterocycles. The standard InChI is InChI=1S/C16H11IN2O3/c1-9-8-14(21)22-16-12(9)6-7-13(20)15(16)19-18-11-4-2-10(17)3-5-11/h2-8,20H,1H3/b19-18+. The number of aromatic hydroxyl groups is 1. The third kappa shape index (κ3) is 2.87. The summed E-state index contributed by atoms with van der Waals surface area (Å²) >= 11 is 2.20. The summed E-state index contributed by atoms with van der Waals surface area (Å²) in [5.74, 6) is -0.0875. The minimum atomic E-state index is -0.485. The van der Waals surface area contributed by atoms with Crippen LogP contribution in [0.15, 0.2) is 61.9 Å². The van der Waals surface area contributed by atoms with Crippen LogP contribution in [0.5, 0.6) is 5.75 Å². The van der Waals surface area contributed by atoms with E-state index < -0.39 is 5.63 Å². The first-order chi connectivity index (χ1) is 10.5. The Bertz CT molecular complexity index is 931. The van der Waals surface area contributed by atoms with Gasteiger partial charge in [-0.15, -0.1) is 5.11 Å². The highest BCUT2D eigenvalue weighted by Gasteiger charge is 2.11. The number of azo groups is 1. The Morgan fingerprint density at radius 1 is 1.09 bits per heavy atom. The van der Waals surface area contributed by atoms with Crippen LogP contribution in [-0.2, 0) is 0 Å². The molecule has 0 aliphatic rings. The van der Waals surface area contributed by atoms with Gasteiger partial charge in [-0.2, -0.15) is 5.11 Å². The van der Waals surface area contributed by atoms with Gasteiger partial charge in [0.2, 0.25) is 0 Å². The van der Waals surface area contributed by atoms with Gasteiger partial charge in [0.15, 0.2) is 11.3 Å². The minimum absolute atomic E-state index is 0.0875. The van der Waals surface area contributed by atoms with Gasteiger partial charge in [0, 0.05) is 15.0 Å². The number of halogens is 1. The summed E-state index contributed by atoms with van der Waals surface area (Å²) in [6.07, 6.45) is 0. The maximum atomic E-state index is 11.6. The van der Waals surface area contributed by atoms with Crippen molar-refractivity contribution in [3.05, 3.63) is 62.0 Å². The van der Waals surface area contributed by atoms with E-state index >= 15 is 0 Å². The summed E-state index contributed by atoms with van der Waals surface area (Å²) in [5, 5.41) is 18.9. The SMILES string of the molecule is Cc1cc(=O)oc2c(/N=N/c3ccc(I)cc3)c(O)ccc12. The Labute approximate surface area is 139 Å². The van der Waals surface area contributed by atoms with Crippen LogP contribution in [0.1, 0.15) is 5.56 Å². The highest BCUT2D eigenvalue weighted by Crippen LogP contribution is 2.36. The molecule has 1 heterocycles. The molecule has 1 N–H and O–H groups in total. The minimum Gasteiger partial charge on any atom is -0.505 e. The Morgan fingerprint density at radius 3 is 2.55 bits per heavy atom. The predicted octanol–water partition coefficient (Wildman–Crippen LogP) is 4.83. The summed E-state index contributed by atoms with van der Waals surface area (Å²) in [4.78, 5) is 11.6. The molecule has 5 nitrogen and oxygen atoms in total. The van der Waals surface area contributed by atoms with E-state index in [9.17, 15) is 9.90 Å². The van der Waals surface area contributed by atoms with Gasteiger partial charge in [-0.1, -0.05) is 0 Å². The third-order valence-corrected chi connectivity index (χ3v) is 3.88. The fraction of sp³-hybridized carbons (Fsp3) is 0.0625. The molecule has 0 unspecified atom stereocenters. The van der Waals surface area contributed by atoms with Crippen LogP contribution in [0.3, 0.4) is 0 Å². The highest BCUT2D eigenvalue weighted by molar-refractivity contribution is 14.1. The van der Waals surface area contributed by atoms with Crippen LogP contribution in [0.4, 0.5) is 11.4 Å². The smallest absolute Gasteiger partial charge is 0.336 e. The van der Waals surface area contributed by atoms with Crippen LogP contribution in [0.2, 0.25) is 0 Å². The van der Waals surface area contributed by atoms with Crippen molar-refractivity contribution in [2.45, 2.75) is 6.92 Å². The van der Waals surface area contributed by atoms with Crippen LogP contribution in [-0.4, -0.2) is 5.11 Å². The summed E-state index contributed by atoms with van der Waals surface area (Å²) in [6.45, 7) is 1.80. The molecular weight excluding hydrogens is 395 g/mol. The molecule has 0 atom stereocenters. The third-order valence-electron chi connectivity index (χ3n) is 3.16. The number of phenolic OH excluding ortho intramolecular Hbond substituents is 1. The molecule has 6 heteroatoms. The lowest BCUT2D eigenvalue weighted by Crippen LogP contribution is -1.97. The summed E-state index contributed by atoms with van der Waals surface area (Å²) in [5.41, 5.74) is 1.31. The first-order valence-electron chi connectivity index (χ1n) is 6.48. The zero-order chi connectivity index (χ0) is 15.7. The molecule has 3 rings (SSSR count). The van der Waals surface area contributed by atoms with Gasteiger partial charge in [-0.25, -0.2) is 4.79 Å². The van der Waals surface area contributed by atoms with Crippen LogP contribution in [0.25, 0.3) is 11.0 Å². The van der Waals surface area contributed by atoms with Gasteiger partial charge < -0.3 is 9.52 Å². The average Bonchev–Trinajstić information content (AvgIpc) is 2.47. The van der Waals surface area contributed by atoms with Gasteiger partial charge >= 0.3 is 5.63 Å². The predicted molar refractivity (Wildman–Crippen MR) is 92.2 cm³/mol. The van der Waals surface area contributed by atoms with E-state index in [-0.39, 0.29) is 17.0 Å². The monoisotopic (exact) mass is 406 g/mol. The molecule has 0 bridgehead atoms. The molecule has 0 fully saturated rings. The largest absolute Gasteiger partial charge is 0.505 e. The van der Waals surface area contributed by atoms with Crippen LogP contribution >= 0.6 is 22.6 Å². The summed E-state index contributed by atoms with van der Waals surface area (Å²) < 4.78 is 6.28. The number of rotatable bonds is 2. The van der Waals surface area contributed by atoms with E-state index in [1.54, 1.807) is 13.0 Å². The number of phenols is 1. The number of hydrogen-bond acceptors (Lipinski definition) is 5. The van der Waals surface area contributed by atoms with Crippen molar-refractivity contribution in [2.24, 2.45) is 10.2 Å². The second kappa shape index (κ2) is 5.88. The normalized spacial score (nSPS) is 11.4. The molecule has 0 saturated heterocycles. The highest BCUT2D eigenvalue weighted by atomic mass is 127. The summed E-state index contributed by atoms with van der Waals surface area (Å²) in [7, 11) is 0. The lowest BCUT2D eigenvalue weighted by Gasteiger charge is -2.04. The Hall–Kier alpha value is -2.22. The van der Waals surface area contributed by atoms with Crippen molar-refractivity contribution in [1.82, 2.24) is 0 Å². The van der Waals surface area contributed by atoms with Gasteiger partial charge in [0.05, 0.1) is 5.69 Å². The molecule has 3 aromatic rings. The van der Waals surface area contributed by atoms with E-state index in [4.69, 9.17) is 4.42 Å². The lowest BCUT2D eigenvalue weighted by molar-refractivity contribution is 0.474. The average molecular weight is 406 g/mol. The van der Waals surface area contributed by atoms with Gasteiger partial charge in [-0.05, 0) is 71.5 Å². The molecule has 22 heavy (non-hydrogen) atoms. The van der Waals surface area contributed by atoms with E-state index in [0.717, 1.165) is 9.13 Å². The van der Waals surface area contributed by atoms with E-state index in [2.05, 4.69) is 32.8 Å². The van der Waals surface area contributed by atoms with Crippen molar-refractivity contribution in [3.63, 3.8) is 0 Å². The second-order valence-corrected chi connectivity index (χ2v) is 5.98. The second-order valence-electron chi connectivity index (χ2n) is 4.73. The van der Waals surface area contributed by atoms with Crippen molar-refractivity contribution in [2.75, 3.05) is 0 Å². The number of hydrogen-bond donors (Lipinski definition) is 1. The molecule has 2 aromatic carbocycles. The quantitative estimate of drug-likeness (QED) is 0.377. The Kier molecular flexibility index (Phi) is 3.93. The molecule has 0 radical (unpaired) electrons. The fourth-order valence-corrected chi connectivity index (χ4v) is 2.43. The maximum absolute atomic E-state index is 11.6. The van der Waals surface area contributed by atoms with E-state index in [1.165, 1.54) is 12.1 Å². The molecule has 0 aliphatic carbocycles. The lowest BCUT2D eigenvalue weighted by atomic mass is 10.1. The molecule has 0 amide bonds. The van der Waals surface area contributed by atoms with Crippen molar-refractivity contribution >= 4 is 44.9 Å². The van der Waals surface area contributed by atoms with E-state index in [0.29, 0.717) is 11.1 Å². The maximum Gasteiger partial charge on any atom is 0.336 e. The van der Waals surface area contributed by atoms with Crippen molar-refractivity contribution in [3.8, 4) is 5.75 Å². The van der Waals surface area contributed by atoms with Gasteiger partial charge in [-0.3, -0.25) is 0 Å². The molecule has 0 saturated carbocycles. The Balaban J connectivity index is 2.15. The van der Waals surface area contributed by atoms with Crippen molar-refractivity contribution < 1.29 is 9.52 Å². The van der Waals surface area contributed by atoms with E-state index in [1.807, 2.05) is 24.3 Å². The zero-order valence-electron chi connectivity index (χ0n) is 11.6. The number of aryl methyl sites for hydroxylation is 1. The fourth-order valence-electron chi connectivity index (χ4n) is 2.07. The summed E-state index contributed by atoms with van der Waals surface area (Å²) in [6, 6.07) is 12.0. The number of nitrogens with zero attached hydrogens (tertiary/aromatic N) is 2. The first kappa shape index (κ1) is 14.7. The molecule has 0 aliphatic heterocycles. The number of fused-ring (bicyclic) bond motifs is 1. The topological polar surface area (TPSA) is 75.2 Å². The van der Waals surface area contributed by atoms with Gasteiger partial charge in [0.1, 0.15) is 5.75 Å². The van der Waals surface area contributed by atoms with Gasteiger partial charge in [0.25, 0.3) is 0 Å². The molecular formula is C16H11IN2O3. The zero-order valence-corrected chi connectivity index (χ0v) is 13.7. The first-order valence-corrected chi connectivity index (χ1v) is 7.56. The molecule has 0 spiro atoms. The van der Waals surface area contributed by atoms with Crippen LogP contribution in [0, 0.1) is 10.5 Å². The Morgan fingerprint density at radius 2 is 1.82 bits per heavy atom.